The van der Waals surface area contributed by atoms with Crippen LogP contribution in [0.15, 0.2) is 42.5 Å². The minimum absolute atomic E-state index is 0.361. The van der Waals surface area contributed by atoms with Crippen molar-refractivity contribution in [2.75, 3.05) is 41.0 Å². The molecule has 0 amide bonds. The quantitative estimate of drug-likeness (QED) is 0.637. The average Bonchev–Trinajstić information content (AvgIpc) is 2.67. The Bertz CT molecular complexity index is 758. The van der Waals surface area contributed by atoms with E-state index in [1.807, 2.05) is 44.1 Å². The number of ether oxygens (including phenoxy) is 3. The summed E-state index contributed by atoms with van der Waals surface area (Å²) in [7, 11) is 5.56. The molecule has 0 fully saturated rings. The molecule has 2 aromatic carbocycles. The van der Waals surface area contributed by atoms with Crippen LogP contribution >= 0.6 is 0 Å². The number of rotatable bonds is 11. The van der Waals surface area contributed by atoms with Gasteiger partial charge >= 0.3 is 5.97 Å². The highest BCUT2D eigenvalue weighted by molar-refractivity contribution is 5.76. The second-order valence-corrected chi connectivity index (χ2v) is 6.73. The van der Waals surface area contributed by atoms with Gasteiger partial charge in [0, 0.05) is 6.54 Å². The van der Waals surface area contributed by atoms with Gasteiger partial charge in [0.05, 0.1) is 19.6 Å². The van der Waals surface area contributed by atoms with Crippen LogP contribution in [0.2, 0.25) is 0 Å². The normalized spacial score (nSPS) is 11.9. The van der Waals surface area contributed by atoms with Gasteiger partial charge in [-0.3, -0.25) is 4.79 Å². The average molecular weight is 387 g/mol. The number of carboxylic acid groups (broad SMARTS) is 1. The third-order valence-corrected chi connectivity index (χ3v) is 4.36. The Hall–Kier alpha value is -2.73. The van der Waals surface area contributed by atoms with Gasteiger partial charge in [-0.05, 0) is 62.8 Å². The summed E-state index contributed by atoms with van der Waals surface area (Å²) >= 11 is 0. The number of carboxylic acids is 1. The Morgan fingerprint density at radius 1 is 1.07 bits per heavy atom. The lowest BCUT2D eigenvalue weighted by Gasteiger charge is -2.17. The number of methoxy groups -OCH3 is 1. The maximum Gasteiger partial charge on any atom is 0.311 e. The van der Waals surface area contributed by atoms with Crippen molar-refractivity contribution in [1.82, 2.24) is 4.90 Å². The zero-order valence-electron chi connectivity index (χ0n) is 17.0. The summed E-state index contributed by atoms with van der Waals surface area (Å²) in [6, 6.07) is 12.8. The van der Waals surface area contributed by atoms with E-state index in [1.165, 1.54) is 0 Å². The van der Waals surface area contributed by atoms with Gasteiger partial charge in [0.15, 0.2) is 11.5 Å². The van der Waals surface area contributed by atoms with Crippen LogP contribution in [0, 0.1) is 0 Å². The van der Waals surface area contributed by atoms with Crippen LogP contribution in [0.3, 0.4) is 0 Å². The van der Waals surface area contributed by atoms with Gasteiger partial charge in [0.25, 0.3) is 0 Å². The van der Waals surface area contributed by atoms with Crippen LogP contribution in [0.25, 0.3) is 0 Å². The monoisotopic (exact) mass is 387 g/mol. The maximum atomic E-state index is 11.8. The molecular weight excluding hydrogens is 358 g/mol. The van der Waals surface area contributed by atoms with E-state index in [2.05, 4.69) is 0 Å². The summed E-state index contributed by atoms with van der Waals surface area (Å²) in [6.45, 7) is 3.77. The molecule has 2 rings (SSSR count). The van der Waals surface area contributed by atoms with E-state index < -0.39 is 11.9 Å². The van der Waals surface area contributed by atoms with E-state index in [4.69, 9.17) is 14.2 Å². The number of hydrogen-bond acceptors (Lipinski definition) is 5. The molecule has 0 aliphatic carbocycles. The summed E-state index contributed by atoms with van der Waals surface area (Å²) in [4.78, 5) is 13.9. The van der Waals surface area contributed by atoms with Crippen molar-refractivity contribution in [2.45, 2.75) is 19.3 Å². The molecule has 1 N–H and O–H groups in total. The first kappa shape index (κ1) is 21.6. The van der Waals surface area contributed by atoms with Crippen LogP contribution in [0.4, 0.5) is 0 Å². The molecule has 0 aliphatic rings. The highest BCUT2D eigenvalue weighted by Crippen LogP contribution is 2.31. The van der Waals surface area contributed by atoms with Crippen molar-refractivity contribution in [3.63, 3.8) is 0 Å². The summed E-state index contributed by atoms with van der Waals surface area (Å²) in [5, 5.41) is 9.72. The molecule has 1 atom stereocenters. The van der Waals surface area contributed by atoms with E-state index in [-0.39, 0.29) is 0 Å². The van der Waals surface area contributed by atoms with Crippen LogP contribution in [0.1, 0.15) is 24.0 Å². The highest BCUT2D eigenvalue weighted by Gasteiger charge is 2.21. The molecule has 0 aliphatic heterocycles. The van der Waals surface area contributed by atoms with Gasteiger partial charge < -0.3 is 24.2 Å². The van der Waals surface area contributed by atoms with Crippen LogP contribution < -0.4 is 14.2 Å². The maximum absolute atomic E-state index is 11.8. The predicted molar refractivity (Wildman–Crippen MR) is 109 cm³/mol. The molecule has 0 heterocycles. The molecule has 0 saturated carbocycles. The van der Waals surface area contributed by atoms with Crippen molar-refractivity contribution < 1.29 is 24.1 Å². The first-order valence-electron chi connectivity index (χ1n) is 9.34. The Morgan fingerprint density at radius 2 is 1.79 bits per heavy atom. The minimum Gasteiger partial charge on any atom is -0.497 e. The molecule has 0 saturated heterocycles. The second-order valence-electron chi connectivity index (χ2n) is 6.73. The fourth-order valence-electron chi connectivity index (χ4n) is 2.82. The molecule has 1 unspecified atom stereocenters. The van der Waals surface area contributed by atoms with Gasteiger partial charge in [-0.1, -0.05) is 18.2 Å². The van der Waals surface area contributed by atoms with Crippen LogP contribution in [-0.4, -0.2) is 56.9 Å². The molecule has 0 aromatic heterocycles. The van der Waals surface area contributed by atoms with Crippen molar-refractivity contribution in [1.29, 1.82) is 0 Å². The zero-order valence-corrected chi connectivity index (χ0v) is 17.0. The van der Waals surface area contributed by atoms with Gasteiger partial charge in [0.2, 0.25) is 0 Å². The van der Waals surface area contributed by atoms with E-state index >= 15 is 0 Å². The number of hydrogen-bond donors (Lipinski definition) is 1. The van der Waals surface area contributed by atoms with Crippen molar-refractivity contribution >= 4 is 5.97 Å². The third kappa shape index (κ3) is 6.16. The summed E-state index contributed by atoms with van der Waals surface area (Å²) in [5.74, 6) is 0.488. The summed E-state index contributed by atoms with van der Waals surface area (Å²) in [6.07, 6.45) is 0.361. The molecular formula is C22H29NO5. The lowest BCUT2D eigenvalue weighted by atomic mass is 9.92. The van der Waals surface area contributed by atoms with Crippen LogP contribution in [-0.2, 0) is 11.2 Å². The Labute approximate surface area is 166 Å². The Balaban J connectivity index is 2.19. The topological polar surface area (TPSA) is 68.2 Å². The Morgan fingerprint density at radius 3 is 2.36 bits per heavy atom. The van der Waals surface area contributed by atoms with E-state index in [0.29, 0.717) is 36.9 Å². The predicted octanol–water partition coefficient (Wildman–Crippen LogP) is 3.45. The first-order chi connectivity index (χ1) is 13.4. The van der Waals surface area contributed by atoms with Gasteiger partial charge in [-0.15, -0.1) is 0 Å². The minimum atomic E-state index is -0.866. The smallest absolute Gasteiger partial charge is 0.311 e. The molecule has 6 heteroatoms. The standard InChI is InChI=1S/C22H29NO5/c1-5-27-21-15-16(6-11-20(21)28-13-12-23(2)3)14-19(22(24)25)17-7-9-18(26-4)10-8-17/h6-11,15,19H,5,12-14H2,1-4H3,(H,24,25). The number of carbonyl (C=O) groups is 1. The third-order valence-electron chi connectivity index (χ3n) is 4.36. The van der Waals surface area contributed by atoms with Gasteiger partial charge in [0.1, 0.15) is 12.4 Å². The fraction of sp³-hybridized carbons (Fsp3) is 0.409. The molecule has 6 nitrogen and oxygen atoms in total. The first-order valence-corrected chi connectivity index (χ1v) is 9.34. The summed E-state index contributed by atoms with van der Waals surface area (Å²) in [5.41, 5.74) is 1.61. The number of aliphatic carboxylic acids is 1. The number of nitrogens with zero attached hydrogens (tertiary/aromatic N) is 1. The van der Waals surface area contributed by atoms with E-state index in [0.717, 1.165) is 17.7 Å². The number of likely N-dealkylation sites (N-methyl/N-ethyl adjacent to an activating group) is 1. The van der Waals surface area contributed by atoms with Crippen molar-refractivity contribution in [2.24, 2.45) is 0 Å². The molecule has 0 radical (unpaired) electrons. The second kappa shape index (κ2) is 10.6. The largest absolute Gasteiger partial charge is 0.497 e. The molecule has 0 bridgehead atoms. The molecule has 2 aromatic rings. The highest BCUT2D eigenvalue weighted by atomic mass is 16.5. The van der Waals surface area contributed by atoms with Crippen LogP contribution in [0.5, 0.6) is 17.2 Å². The zero-order chi connectivity index (χ0) is 20.5. The van der Waals surface area contributed by atoms with E-state index in [9.17, 15) is 9.90 Å². The number of benzene rings is 2. The van der Waals surface area contributed by atoms with Crippen molar-refractivity contribution in [3.8, 4) is 17.2 Å². The molecule has 152 valence electrons. The lowest BCUT2D eigenvalue weighted by Crippen LogP contribution is -2.19. The Kier molecular flexibility index (Phi) is 8.14. The molecule has 28 heavy (non-hydrogen) atoms. The van der Waals surface area contributed by atoms with Crippen molar-refractivity contribution in [3.05, 3.63) is 53.6 Å². The molecule has 0 spiro atoms. The van der Waals surface area contributed by atoms with E-state index in [1.54, 1.807) is 31.4 Å². The van der Waals surface area contributed by atoms with Gasteiger partial charge in [-0.25, -0.2) is 0 Å². The van der Waals surface area contributed by atoms with Gasteiger partial charge in [-0.2, -0.15) is 0 Å². The lowest BCUT2D eigenvalue weighted by molar-refractivity contribution is -0.138. The summed E-state index contributed by atoms with van der Waals surface area (Å²) < 4.78 is 16.7. The SMILES string of the molecule is CCOc1cc(CC(C(=O)O)c2ccc(OC)cc2)ccc1OCCN(C)C. The fourth-order valence-corrected chi connectivity index (χ4v) is 2.82.